The molecule has 1 aromatic rings. The van der Waals surface area contributed by atoms with Gasteiger partial charge in [0.2, 0.25) is 5.16 Å². The molecule has 0 spiro atoms. The van der Waals surface area contributed by atoms with Gasteiger partial charge >= 0.3 is 0 Å². The maximum absolute atomic E-state index is 14.0. The van der Waals surface area contributed by atoms with Crippen LogP contribution in [0.15, 0.2) is 17.3 Å². The molecular weight excluding hydrogens is 303 g/mol. The molecule has 118 valence electrons. The summed E-state index contributed by atoms with van der Waals surface area (Å²) in [5.41, 5.74) is 0. The third kappa shape index (κ3) is 3.36. The third-order valence-electron chi connectivity index (χ3n) is 3.57. The van der Waals surface area contributed by atoms with Crippen molar-refractivity contribution in [2.45, 2.75) is 50.5 Å². The van der Waals surface area contributed by atoms with Gasteiger partial charge in [-0.15, -0.1) is 5.10 Å². The van der Waals surface area contributed by atoms with Crippen molar-refractivity contribution in [3.63, 3.8) is 0 Å². The van der Waals surface area contributed by atoms with Crippen LogP contribution in [0.5, 0.6) is 0 Å². The molecule has 0 amide bonds. The molecule has 0 radical (unpaired) electrons. The van der Waals surface area contributed by atoms with E-state index in [2.05, 4.69) is 10.1 Å². The minimum atomic E-state index is -2.70. The van der Waals surface area contributed by atoms with Crippen LogP contribution in [-0.4, -0.2) is 31.2 Å². The summed E-state index contributed by atoms with van der Waals surface area (Å²) in [5, 5.41) is 3.82. The Bertz CT molecular complexity index is 547. The lowest BCUT2D eigenvalue weighted by Crippen LogP contribution is -2.16. The number of fused-ring (bicyclic) bond motifs is 1. The van der Waals surface area contributed by atoms with E-state index in [1.165, 1.54) is 4.68 Å². The number of nitrogens with zero attached hydrogens (tertiary/aromatic N) is 3. The van der Waals surface area contributed by atoms with Gasteiger partial charge in [0, 0.05) is 6.42 Å². The van der Waals surface area contributed by atoms with Crippen molar-refractivity contribution in [2.75, 3.05) is 5.75 Å². The van der Waals surface area contributed by atoms with Crippen LogP contribution >= 0.6 is 0 Å². The van der Waals surface area contributed by atoms with Crippen LogP contribution in [0, 0.1) is 5.92 Å². The van der Waals surface area contributed by atoms with Crippen molar-refractivity contribution < 1.29 is 17.4 Å². The molecule has 4 nitrogen and oxygen atoms in total. The van der Waals surface area contributed by atoms with Gasteiger partial charge in [-0.1, -0.05) is 19.1 Å². The second-order valence-electron chi connectivity index (χ2n) is 4.97. The zero-order valence-corrected chi connectivity index (χ0v) is 12.7. The largest absolute Gasteiger partial charge is 0.251 e. The SMILES string of the molecule is C/C=C\C(CC)[C@@H]1C[C@H](F)c2nc(S(=O)CC(F)F)nn21. The first kappa shape index (κ1) is 16.2. The zero-order chi connectivity index (χ0) is 15.6. The molecule has 0 fully saturated rings. The molecule has 1 aromatic heterocycles. The van der Waals surface area contributed by atoms with Gasteiger partial charge in [0.05, 0.1) is 22.6 Å². The Morgan fingerprint density at radius 1 is 1.52 bits per heavy atom. The molecule has 0 saturated heterocycles. The molecule has 2 rings (SSSR count). The van der Waals surface area contributed by atoms with Crippen LogP contribution < -0.4 is 0 Å². The Hall–Kier alpha value is -1.18. The first-order valence-corrected chi connectivity index (χ1v) is 8.19. The standard InChI is InChI=1S/C13H18F3N3OS/c1-3-5-8(4-2)10-6-9(14)12-17-13(18-19(10)12)21(20)7-11(15)16/h3,5,8-11H,4,6-7H2,1-2H3/b5-3-/t8?,9-,10-,21?/m0/s1. The van der Waals surface area contributed by atoms with Crippen molar-refractivity contribution in [3.05, 3.63) is 18.0 Å². The van der Waals surface area contributed by atoms with Crippen LogP contribution in [0.25, 0.3) is 0 Å². The lowest BCUT2D eigenvalue weighted by atomic mass is 9.94. The normalized spacial score (nSPS) is 24.7. The second-order valence-corrected chi connectivity index (χ2v) is 6.36. The van der Waals surface area contributed by atoms with Gasteiger partial charge in [-0.25, -0.2) is 22.8 Å². The van der Waals surface area contributed by atoms with Crippen LogP contribution in [-0.2, 0) is 10.8 Å². The van der Waals surface area contributed by atoms with Gasteiger partial charge in [0.1, 0.15) is 0 Å². The Kier molecular flexibility index (Phi) is 5.18. The monoisotopic (exact) mass is 321 g/mol. The number of allylic oxidation sites excluding steroid dienone is 2. The minimum absolute atomic E-state index is 0.0904. The summed E-state index contributed by atoms with van der Waals surface area (Å²) in [4.78, 5) is 3.87. The highest BCUT2D eigenvalue weighted by Gasteiger charge is 2.38. The topological polar surface area (TPSA) is 47.8 Å². The van der Waals surface area contributed by atoms with E-state index in [0.717, 1.165) is 6.42 Å². The molecule has 0 saturated carbocycles. The van der Waals surface area contributed by atoms with Gasteiger partial charge < -0.3 is 0 Å². The van der Waals surface area contributed by atoms with Gasteiger partial charge in [-0.2, -0.15) is 0 Å². The molecule has 2 unspecified atom stereocenters. The molecule has 0 aromatic carbocycles. The summed E-state index contributed by atoms with van der Waals surface area (Å²) in [7, 11) is -2.00. The van der Waals surface area contributed by atoms with E-state index < -0.39 is 29.1 Å². The highest BCUT2D eigenvalue weighted by molar-refractivity contribution is 7.84. The summed E-state index contributed by atoms with van der Waals surface area (Å²) in [6.07, 6.45) is 0.943. The molecular formula is C13H18F3N3OS. The average Bonchev–Trinajstić information content (AvgIpc) is 2.97. The van der Waals surface area contributed by atoms with Crippen LogP contribution in [0.4, 0.5) is 13.2 Å². The summed E-state index contributed by atoms with van der Waals surface area (Å²) in [6.45, 7) is 3.87. The second kappa shape index (κ2) is 6.72. The average molecular weight is 321 g/mol. The number of halogens is 3. The van der Waals surface area contributed by atoms with Crippen LogP contribution in [0.2, 0.25) is 0 Å². The highest BCUT2D eigenvalue weighted by Crippen LogP contribution is 2.41. The molecule has 4 atom stereocenters. The maximum Gasteiger partial charge on any atom is 0.250 e. The van der Waals surface area contributed by atoms with E-state index in [1.807, 2.05) is 26.0 Å². The molecule has 8 heteroatoms. The van der Waals surface area contributed by atoms with Crippen molar-refractivity contribution >= 4 is 10.8 Å². The van der Waals surface area contributed by atoms with Crippen molar-refractivity contribution in [1.29, 1.82) is 0 Å². The first-order valence-electron chi connectivity index (χ1n) is 6.87. The molecule has 2 heterocycles. The van der Waals surface area contributed by atoms with Crippen LogP contribution in [0.3, 0.4) is 0 Å². The van der Waals surface area contributed by atoms with Gasteiger partial charge in [-0.05, 0) is 19.3 Å². The number of hydrogen-bond acceptors (Lipinski definition) is 3. The van der Waals surface area contributed by atoms with Gasteiger partial charge in [-0.3, -0.25) is 4.21 Å². The van der Waals surface area contributed by atoms with E-state index in [9.17, 15) is 17.4 Å². The quantitative estimate of drug-likeness (QED) is 0.756. The molecule has 1 aliphatic heterocycles. The van der Waals surface area contributed by atoms with E-state index in [4.69, 9.17) is 0 Å². The molecule has 0 N–H and O–H groups in total. The summed E-state index contributed by atoms with van der Waals surface area (Å²) in [6, 6.07) is -0.207. The predicted molar refractivity (Wildman–Crippen MR) is 73.4 cm³/mol. The lowest BCUT2D eigenvalue weighted by Gasteiger charge is -2.19. The zero-order valence-electron chi connectivity index (χ0n) is 11.9. The summed E-state index contributed by atoms with van der Waals surface area (Å²) >= 11 is 0. The molecule has 21 heavy (non-hydrogen) atoms. The van der Waals surface area contributed by atoms with Gasteiger partial charge in [0.15, 0.2) is 12.0 Å². The third-order valence-corrected chi connectivity index (χ3v) is 4.70. The van der Waals surface area contributed by atoms with E-state index in [-0.39, 0.29) is 29.4 Å². The fourth-order valence-electron chi connectivity index (χ4n) is 2.62. The first-order chi connectivity index (χ1) is 9.97. The Balaban J connectivity index is 2.28. The smallest absolute Gasteiger partial charge is 0.250 e. The number of rotatable bonds is 6. The van der Waals surface area contributed by atoms with E-state index >= 15 is 0 Å². The fourth-order valence-corrected chi connectivity index (χ4v) is 3.37. The van der Waals surface area contributed by atoms with E-state index in [1.54, 1.807) is 0 Å². The number of hydrogen-bond donors (Lipinski definition) is 0. The Morgan fingerprint density at radius 2 is 2.24 bits per heavy atom. The van der Waals surface area contributed by atoms with E-state index in [0.29, 0.717) is 0 Å². The molecule has 0 aliphatic carbocycles. The van der Waals surface area contributed by atoms with Gasteiger partial charge in [0.25, 0.3) is 6.43 Å². The lowest BCUT2D eigenvalue weighted by molar-refractivity contribution is 0.175. The number of aromatic nitrogens is 3. The maximum atomic E-state index is 14.0. The Labute approximate surface area is 123 Å². The van der Waals surface area contributed by atoms with Crippen molar-refractivity contribution in [3.8, 4) is 0 Å². The summed E-state index contributed by atoms with van der Waals surface area (Å²) < 4.78 is 51.7. The predicted octanol–water partition coefficient (Wildman–Crippen LogP) is 3.21. The van der Waals surface area contributed by atoms with Crippen LogP contribution in [0.1, 0.15) is 44.7 Å². The molecule has 1 aliphatic rings. The Morgan fingerprint density at radius 3 is 2.81 bits per heavy atom. The minimum Gasteiger partial charge on any atom is -0.251 e. The summed E-state index contributed by atoms with van der Waals surface area (Å²) in [5.74, 6) is -0.634. The van der Waals surface area contributed by atoms with Crippen molar-refractivity contribution in [1.82, 2.24) is 14.8 Å². The number of alkyl halides is 3. The van der Waals surface area contributed by atoms with Crippen molar-refractivity contribution in [2.24, 2.45) is 5.92 Å². The molecule has 0 bridgehead atoms. The highest BCUT2D eigenvalue weighted by atomic mass is 32.2. The fraction of sp³-hybridized carbons (Fsp3) is 0.692.